The molecule has 0 radical (unpaired) electrons. The molecule has 1 aromatic rings. The van der Waals surface area contributed by atoms with E-state index in [0.717, 1.165) is 12.0 Å². The first-order chi connectivity index (χ1) is 11.1. The van der Waals surface area contributed by atoms with Gasteiger partial charge in [-0.3, -0.25) is 9.59 Å². The number of aliphatic hydroxyl groups is 1. The molecule has 0 spiro atoms. The van der Waals surface area contributed by atoms with Gasteiger partial charge in [0.15, 0.2) is 0 Å². The number of rotatable bonds is 6. The number of carbonyl (C=O) groups is 2. The highest BCUT2D eigenvalue weighted by Gasteiger charge is 2.50. The first-order valence-corrected chi connectivity index (χ1v) is 7.79. The van der Waals surface area contributed by atoms with Crippen LogP contribution in [0.25, 0.3) is 0 Å². The zero-order valence-electron chi connectivity index (χ0n) is 13.6. The van der Waals surface area contributed by atoms with Crippen molar-refractivity contribution in [2.75, 3.05) is 33.9 Å². The molecule has 1 fully saturated rings. The number of likely N-dealkylation sites (N-methyl/N-ethyl adjacent to an activating group) is 1. The molecule has 1 aliphatic heterocycles. The molecule has 2 amide bonds. The van der Waals surface area contributed by atoms with Crippen molar-refractivity contribution in [3.63, 3.8) is 0 Å². The summed E-state index contributed by atoms with van der Waals surface area (Å²) in [4.78, 5) is 27.0. The van der Waals surface area contributed by atoms with Crippen molar-refractivity contribution < 1.29 is 19.4 Å². The summed E-state index contributed by atoms with van der Waals surface area (Å²) >= 11 is 0. The molecule has 0 bridgehead atoms. The Hall–Kier alpha value is -1.92. The van der Waals surface area contributed by atoms with Gasteiger partial charge >= 0.3 is 0 Å². The first-order valence-electron chi connectivity index (χ1n) is 7.79. The fraction of sp³-hybridized carbons (Fsp3) is 0.529. The van der Waals surface area contributed by atoms with E-state index < -0.39 is 11.5 Å². The van der Waals surface area contributed by atoms with Crippen LogP contribution in [0.5, 0.6) is 0 Å². The van der Waals surface area contributed by atoms with Crippen molar-refractivity contribution in [2.45, 2.75) is 24.3 Å². The van der Waals surface area contributed by atoms with E-state index in [1.165, 1.54) is 7.11 Å². The maximum atomic E-state index is 13.0. The first kappa shape index (κ1) is 17.4. The van der Waals surface area contributed by atoms with Crippen molar-refractivity contribution in [1.29, 1.82) is 0 Å². The third kappa shape index (κ3) is 3.23. The van der Waals surface area contributed by atoms with E-state index in [0.29, 0.717) is 13.0 Å². The number of benzene rings is 1. The van der Waals surface area contributed by atoms with E-state index >= 15 is 0 Å². The van der Waals surface area contributed by atoms with Crippen LogP contribution >= 0.6 is 0 Å². The number of hydrogen-bond donors (Lipinski definition) is 2. The number of ether oxygens (including phenoxy) is 1. The van der Waals surface area contributed by atoms with Crippen molar-refractivity contribution >= 4 is 11.8 Å². The summed E-state index contributed by atoms with van der Waals surface area (Å²) in [6.45, 7) is 0.334. The van der Waals surface area contributed by atoms with E-state index in [2.05, 4.69) is 5.32 Å². The Morgan fingerprint density at radius 1 is 1.39 bits per heavy atom. The minimum Gasteiger partial charge on any atom is -0.395 e. The maximum Gasteiger partial charge on any atom is 0.248 e. The van der Waals surface area contributed by atoms with Crippen LogP contribution in [0.15, 0.2) is 30.3 Å². The number of amides is 2. The van der Waals surface area contributed by atoms with Crippen LogP contribution in [-0.4, -0.2) is 61.3 Å². The van der Waals surface area contributed by atoms with Gasteiger partial charge < -0.3 is 20.1 Å². The molecule has 2 unspecified atom stereocenters. The monoisotopic (exact) mass is 320 g/mol. The van der Waals surface area contributed by atoms with Crippen LogP contribution in [0.3, 0.4) is 0 Å². The minimum absolute atomic E-state index is 0.144. The van der Waals surface area contributed by atoms with Crippen LogP contribution in [0, 0.1) is 0 Å². The fourth-order valence-electron chi connectivity index (χ4n) is 3.32. The Balaban J connectivity index is 2.33. The normalized spacial score (nSPS) is 22.0. The zero-order chi connectivity index (χ0) is 16.9. The minimum atomic E-state index is -0.997. The smallest absolute Gasteiger partial charge is 0.248 e. The molecule has 0 aromatic heterocycles. The van der Waals surface area contributed by atoms with Gasteiger partial charge in [-0.25, -0.2) is 0 Å². The number of carbonyl (C=O) groups excluding carboxylic acids is 2. The van der Waals surface area contributed by atoms with Gasteiger partial charge in [-0.15, -0.1) is 0 Å². The van der Waals surface area contributed by atoms with Gasteiger partial charge in [0.2, 0.25) is 11.8 Å². The summed E-state index contributed by atoms with van der Waals surface area (Å²) in [5, 5.41) is 12.4. The largest absolute Gasteiger partial charge is 0.395 e. The van der Waals surface area contributed by atoms with Gasteiger partial charge in [-0.1, -0.05) is 30.3 Å². The third-order valence-corrected chi connectivity index (χ3v) is 4.47. The van der Waals surface area contributed by atoms with Crippen molar-refractivity contribution in [3.05, 3.63) is 35.9 Å². The molecule has 6 nitrogen and oxygen atoms in total. The lowest BCUT2D eigenvalue weighted by molar-refractivity contribution is -0.149. The van der Waals surface area contributed by atoms with E-state index in [9.17, 15) is 14.7 Å². The molecular formula is C17H24N2O4. The molecule has 6 heteroatoms. The van der Waals surface area contributed by atoms with Gasteiger partial charge in [0, 0.05) is 20.7 Å². The predicted octanol–water partition coefficient (Wildman–Crippen LogP) is 0.516. The molecule has 0 saturated carbocycles. The quantitative estimate of drug-likeness (QED) is 0.801. The van der Waals surface area contributed by atoms with Gasteiger partial charge in [0.05, 0.1) is 19.1 Å². The molecule has 1 heterocycles. The molecule has 2 atom stereocenters. The topological polar surface area (TPSA) is 78.9 Å². The molecular weight excluding hydrogens is 296 g/mol. The van der Waals surface area contributed by atoms with Gasteiger partial charge in [-0.2, -0.15) is 0 Å². The summed E-state index contributed by atoms with van der Waals surface area (Å²) in [6.07, 6.45) is 1.29. The standard InChI is InChI=1S/C17H24N2O4/c1-18-16(22)17(12-23-2)9-6-10-19(17)15(21)14(11-20)13-7-4-3-5-8-13/h3-5,7-8,14,20H,6,9-12H2,1-2H3,(H,18,22). The Morgan fingerprint density at radius 3 is 2.65 bits per heavy atom. The van der Waals surface area contributed by atoms with E-state index in [4.69, 9.17) is 4.74 Å². The molecule has 1 aromatic carbocycles. The molecule has 1 aliphatic rings. The molecule has 126 valence electrons. The third-order valence-electron chi connectivity index (χ3n) is 4.47. The number of methoxy groups -OCH3 is 1. The van der Waals surface area contributed by atoms with Gasteiger partial charge in [0.25, 0.3) is 0 Å². The molecule has 1 saturated heterocycles. The summed E-state index contributed by atoms with van der Waals surface area (Å²) in [6, 6.07) is 9.14. The molecule has 23 heavy (non-hydrogen) atoms. The summed E-state index contributed by atoms with van der Waals surface area (Å²) in [5.41, 5.74) is -0.252. The van der Waals surface area contributed by atoms with Crippen molar-refractivity contribution in [1.82, 2.24) is 10.2 Å². The Morgan fingerprint density at radius 2 is 2.09 bits per heavy atom. The lowest BCUT2D eigenvalue weighted by Gasteiger charge is -2.38. The van der Waals surface area contributed by atoms with Crippen LogP contribution in [0.2, 0.25) is 0 Å². The maximum absolute atomic E-state index is 13.0. The Labute approximate surface area is 136 Å². The second-order valence-corrected chi connectivity index (χ2v) is 5.78. The van der Waals surface area contributed by atoms with E-state index in [1.807, 2.05) is 30.3 Å². The van der Waals surface area contributed by atoms with Gasteiger partial charge in [0.1, 0.15) is 5.54 Å². The van der Waals surface area contributed by atoms with Crippen LogP contribution < -0.4 is 5.32 Å². The zero-order valence-corrected chi connectivity index (χ0v) is 13.6. The number of likely N-dealkylation sites (tertiary alicyclic amines) is 1. The van der Waals surface area contributed by atoms with Crippen molar-refractivity contribution in [3.8, 4) is 0 Å². The van der Waals surface area contributed by atoms with Crippen LogP contribution in [0.4, 0.5) is 0 Å². The summed E-state index contributed by atoms with van der Waals surface area (Å²) in [5.74, 6) is -1.14. The predicted molar refractivity (Wildman–Crippen MR) is 85.9 cm³/mol. The highest BCUT2D eigenvalue weighted by Crippen LogP contribution is 2.33. The van der Waals surface area contributed by atoms with Crippen molar-refractivity contribution in [2.24, 2.45) is 0 Å². The number of nitrogens with one attached hydrogen (secondary N) is 1. The summed E-state index contributed by atoms with van der Waals surface area (Å²) in [7, 11) is 3.08. The number of hydrogen-bond acceptors (Lipinski definition) is 4. The highest BCUT2D eigenvalue weighted by atomic mass is 16.5. The average Bonchev–Trinajstić information content (AvgIpc) is 3.01. The molecule has 2 rings (SSSR count). The second-order valence-electron chi connectivity index (χ2n) is 5.78. The fourth-order valence-corrected chi connectivity index (χ4v) is 3.32. The average molecular weight is 320 g/mol. The van der Waals surface area contributed by atoms with Crippen LogP contribution in [-0.2, 0) is 14.3 Å². The van der Waals surface area contributed by atoms with Gasteiger partial charge in [-0.05, 0) is 18.4 Å². The second kappa shape index (κ2) is 7.57. The molecule has 2 N–H and O–H groups in total. The lowest BCUT2D eigenvalue weighted by atomic mass is 9.92. The highest BCUT2D eigenvalue weighted by molar-refractivity contribution is 5.94. The number of nitrogens with zero attached hydrogens (tertiary/aromatic N) is 1. The summed E-state index contributed by atoms with van der Waals surface area (Å²) < 4.78 is 5.23. The SMILES string of the molecule is CNC(=O)C1(COC)CCCN1C(=O)C(CO)c1ccccc1. The number of aliphatic hydroxyl groups excluding tert-OH is 1. The molecule has 0 aliphatic carbocycles. The Kier molecular flexibility index (Phi) is 5.74. The van der Waals surface area contributed by atoms with E-state index in [1.54, 1.807) is 11.9 Å². The lowest BCUT2D eigenvalue weighted by Crippen LogP contribution is -2.60. The van der Waals surface area contributed by atoms with Crippen LogP contribution in [0.1, 0.15) is 24.3 Å². The van der Waals surface area contributed by atoms with E-state index in [-0.39, 0.29) is 25.0 Å². The Bertz CT molecular complexity index is 549.